The summed E-state index contributed by atoms with van der Waals surface area (Å²) in [7, 11) is 0. The quantitative estimate of drug-likeness (QED) is 0.350. The molecule has 1 N–H and O–H groups in total. The van der Waals surface area contributed by atoms with E-state index in [-0.39, 0.29) is 36.4 Å². The first-order valence-corrected chi connectivity index (χ1v) is 13.7. The molecule has 8 heteroatoms. The van der Waals surface area contributed by atoms with Gasteiger partial charge in [-0.05, 0) is 58.3 Å². The van der Waals surface area contributed by atoms with Gasteiger partial charge < -0.3 is 24.4 Å². The molecule has 2 unspecified atom stereocenters. The molecule has 37 heavy (non-hydrogen) atoms. The molecular weight excluding hydrogens is 472 g/mol. The van der Waals surface area contributed by atoms with Gasteiger partial charge in [0.1, 0.15) is 17.6 Å². The van der Waals surface area contributed by atoms with Gasteiger partial charge in [0.2, 0.25) is 11.8 Å². The summed E-state index contributed by atoms with van der Waals surface area (Å²) < 4.78 is 12.1. The Morgan fingerprint density at radius 2 is 1.89 bits per heavy atom. The van der Waals surface area contributed by atoms with Crippen molar-refractivity contribution in [2.24, 2.45) is 23.2 Å². The predicted molar refractivity (Wildman–Crippen MR) is 141 cm³/mol. The van der Waals surface area contributed by atoms with Gasteiger partial charge in [0, 0.05) is 12.1 Å². The molecule has 2 amide bonds. The second-order valence-corrected chi connectivity index (χ2v) is 13.5. The molecule has 0 aromatic heterocycles. The van der Waals surface area contributed by atoms with Crippen LogP contribution in [0.1, 0.15) is 81.6 Å². The maximum absolute atomic E-state index is 14.7. The Labute approximate surface area is 222 Å². The third-order valence-electron chi connectivity index (χ3n) is 8.57. The van der Waals surface area contributed by atoms with Gasteiger partial charge in [-0.25, -0.2) is 0 Å². The molecule has 1 spiro atoms. The van der Waals surface area contributed by atoms with Crippen molar-refractivity contribution >= 4 is 17.8 Å². The summed E-state index contributed by atoms with van der Waals surface area (Å²) in [5.41, 5.74) is -2.63. The van der Waals surface area contributed by atoms with Crippen molar-refractivity contribution in [3.8, 4) is 0 Å². The molecule has 3 aliphatic rings. The standard InChI is InChI=1S/C29H48N2O6/c1-11-15-30(27(8,9)17-26(5,6)7)24(34)22-29-14-13-28(10,37-29)21(25(35)36-12-2)20(29)23(33)31(22)19(16-32)18(3)4/h11,18-22,32H,1,12-17H2,2-10H3/t19-,20-,21-,22?,28+,29?/m0/s1. The third-order valence-corrected chi connectivity index (χ3v) is 8.57. The summed E-state index contributed by atoms with van der Waals surface area (Å²) in [4.78, 5) is 45.5. The largest absolute Gasteiger partial charge is 0.466 e. The van der Waals surface area contributed by atoms with Crippen LogP contribution in [0.2, 0.25) is 0 Å². The van der Waals surface area contributed by atoms with Gasteiger partial charge in [-0.2, -0.15) is 0 Å². The van der Waals surface area contributed by atoms with Crippen LogP contribution in [0.3, 0.4) is 0 Å². The van der Waals surface area contributed by atoms with E-state index in [9.17, 15) is 19.5 Å². The molecule has 3 aliphatic heterocycles. The van der Waals surface area contributed by atoms with E-state index in [0.717, 1.165) is 6.42 Å². The highest BCUT2D eigenvalue weighted by molar-refractivity contribution is 5.99. The first-order chi connectivity index (χ1) is 17.0. The van der Waals surface area contributed by atoms with Crippen LogP contribution in [0.25, 0.3) is 0 Å². The van der Waals surface area contributed by atoms with Gasteiger partial charge >= 0.3 is 5.97 Å². The zero-order valence-corrected chi connectivity index (χ0v) is 24.3. The maximum atomic E-state index is 14.7. The summed E-state index contributed by atoms with van der Waals surface area (Å²) in [5.74, 6) is -2.72. The molecule has 3 fully saturated rings. The predicted octanol–water partition coefficient (Wildman–Crippen LogP) is 3.56. The monoisotopic (exact) mass is 520 g/mol. The van der Waals surface area contributed by atoms with E-state index >= 15 is 0 Å². The first kappa shape index (κ1) is 29.6. The number of ether oxygens (including phenoxy) is 2. The van der Waals surface area contributed by atoms with Crippen molar-refractivity contribution in [1.29, 1.82) is 0 Å². The highest BCUT2D eigenvalue weighted by Crippen LogP contribution is 2.64. The number of aliphatic hydroxyl groups is 1. The number of carbonyl (C=O) groups is 3. The van der Waals surface area contributed by atoms with Crippen LogP contribution in [0.4, 0.5) is 0 Å². The second kappa shape index (κ2) is 9.99. The molecule has 0 aliphatic carbocycles. The van der Waals surface area contributed by atoms with Crippen molar-refractivity contribution in [1.82, 2.24) is 9.80 Å². The fourth-order valence-corrected chi connectivity index (χ4v) is 7.52. The van der Waals surface area contributed by atoms with Gasteiger partial charge in [0.25, 0.3) is 0 Å². The van der Waals surface area contributed by atoms with Gasteiger partial charge in [0.15, 0.2) is 0 Å². The van der Waals surface area contributed by atoms with Crippen molar-refractivity contribution in [2.75, 3.05) is 19.8 Å². The van der Waals surface area contributed by atoms with Crippen LogP contribution >= 0.6 is 0 Å². The van der Waals surface area contributed by atoms with Crippen LogP contribution in [0.5, 0.6) is 0 Å². The minimum Gasteiger partial charge on any atom is -0.466 e. The van der Waals surface area contributed by atoms with Gasteiger partial charge in [-0.1, -0.05) is 40.7 Å². The number of carbonyl (C=O) groups excluding carboxylic acids is 3. The Balaban J connectivity index is 2.18. The van der Waals surface area contributed by atoms with Crippen LogP contribution in [-0.4, -0.2) is 81.3 Å². The molecule has 3 heterocycles. The van der Waals surface area contributed by atoms with E-state index in [0.29, 0.717) is 19.4 Å². The lowest BCUT2D eigenvalue weighted by Gasteiger charge is -2.47. The van der Waals surface area contributed by atoms with Gasteiger partial charge in [-0.15, -0.1) is 6.58 Å². The van der Waals surface area contributed by atoms with Crippen LogP contribution in [-0.2, 0) is 23.9 Å². The fourth-order valence-electron chi connectivity index (χ4n) is 7.52. The average molecular weight is 521 g/mol. The zero-order chi connectivity index (χ0) is 28.1. The Morgan fingerprint density at radius 1 is 1.27 bits per heavy atom. The minimum atomic E-state index is -1.15. The molecule has 0 aromatic carbocycles. The van der Waals surface area contributed by atoms with Crippen molar-refractivity contribution in [3.63, 3.8) is 0 Å². The van der Waals surface area contributed by atoms with Crippen LogP contribution < -0.4 is 0 Å². The Bertz CT molecular complexity index is 924. The molecular formula is C29H48N2O6. The molecule has 210 valence electrons. The highest BCUT2D eigenvalue weighted by atomic mass is 16.6. The summed E-state index contributed by atoms with van der Waals surface area (Å²) in [5, 5.41) is 10.4. The number of likely N-dealkylation sites (tertiary alicyclic amines) is 1. The van der Waals surface area contributed by atoms with Crippen LogP contribution in [0, 0.1) is 23.2 Å². The van der Waals surface area contributed by atoms with Gasteiger partial charge in [-0.3, -0.25) is 14.4 Å². The minimum absolute atomic E-state index is 0.0500. The average Bonchev–Trinajstić information content (AvgIpc) is 3.31. The van der Waals surface area contributed by atoms with Crippen LogP contribution in [0.15, 0.2) is 12.7 Å². The third kappa shape index (κ3) is 4.84. The van der Waals surface area contributed by atoms with E-state index in [1.165, 1.54) is 0 Å². The fraction of sp³-hybridized carbons (Fsp3) is 0.828. The lowest BCUT2D eigenvalue weighted by atomic mass is 9.66. The second-order valence-electron chi connectivity index (χ2n) is 13.5. The molecule has 3 rings (SSSR count). The molecule has 8 nitrogen and oxygen atoms in total. The number of amides is 2. The number of hydrogen-bond donors (Lipinski definition) is 1. The number of hydrogen-bond acceptors (Lipinski definition) is 6. The lowest BCUT2D eigenvalue weighted by Crippen LogP contribution is -2.63. The van der Waals surface area contributed by atoms with E-state index in [4.69, 9.17) is 9.47 Å². The van der Waals surface area contributed by atoms with Crippen molar-refractivity contribution in [2.45, 2.75) is 110 Å². The normalized spacial score (nSPS) is 32.0. The number of fused-ring (bicyclic) bond motifs is 1. The van der Waals surface area contributed by atoms with Gasteiger partial charge in [0.05, 0.1) is 30.8 Å². The SMILES string of the molecule is C=CCN(C(=O)C1N([C@@H](CO)C(C)C)C(=O)[C@@H]2[C@@H](C(=O)OCC)[C@@]3(C)CCC12O3)C(C)(C)CC(C)(C)C. The highest BCUT2D eigenvalue weighted by Gasteiger charge is 2.79. The molecule has 0 saturated carbocycles. The number of rotatable bonds is 10. The summed E-state index contributed by atoms with van der Waals surface area (Å²) in [6.07, 6.45) is 3.48. The molecule has 0 radical (unpaired) electrons. The molecule has 2 bridgehead atoms. The number of nitrogens with zero attached hydrogens (tertiary/aromatic N) is 2. The Hall–Kier alpha value is -1.93. The zero-order valence-electron chi connectivity index (χ0n) is 24.3. The first-order valence-electron chi connectivity index (χ1n) is 13.7. The molecule has 0 aromatic rings. The van der Waals surface area contributed by atoms with Crippen molar-refractivity contribution < 1.29 is 29.0 Å². The molecule has 6 atom stereocenters. The van der Waals surface area contributed by atoms with E-state index in [1.54, 1.807) is 22.8 Å². The van der Waals surface area contributed by atoms with E-state index < -0.39 is 46.6 Å². The molecule has 3 saturated heterocycles. The summed E-state index contributed by atoms with van der Waals surface area (Å²) in [6.45, 7) is 22.1. The smallest absolute Gasteiger partial charge is 0.312 e. The van der Waals surface area contributed by atoms with E-state index in [1.807, 2.05) is 34.6 Å². The number of esters is 1. The topological polar surface area (TPSA) is 96.4 Å². The van der Waals surface area contributed by atoms with E-state index in [2.05, 4.69) is 27.4 Å². The Morgan fingerprint density at radius 3 is 2.38 bits per heavy atom. The lowest BCUT2D eigenvalue weighted by molar-refractivity contribution is -0.164. The number of aliphatic hydroxyl groups excluding tert-OH is 1. The summed E-state index contributed by atoms with van der Waals surface area (Å²) >= 11 is 0. The summed E-state index contributed by atoms with van der Waals surface area (Å²) in [6, 6.07) is -1.54. The van der Waals surface area contributed by atoms with Crippen molar-refractivity contribution in [3.05, 3.63) is 12.7 Å². The maximum Gasteiger partial charge on any atom is 0.312 e. The Kier molecular flexibility index (Phi) is 8.00.